The number of H-pyrrole nitrogens is 2. The van der Waals surface area contributed by atoms with Crippen LogP contribution in [-0.4, -0.2) is 93.1 Å². The molecule has 61 heavy (non-hydrogen) atoms. The first-order valence-electron chi connectivity index (χ1n) is 20.9. The number of ether oxygens (including phenoxy) is 2. The molecule has 3 aromatic carbocycles. The second-order valence-electron chi connectivity index (χ2n) is 17.2. The van der Waals surface area contributed by atoms with Gasteiger partial charge in [0.25, 0.3) is 0 Å². The molecular weight excluding hydrogens is 796 g/mol. The summed E-state index contributed by atoms with van der Waals surface area (Å²) >= 11 is 6.77. The zero-order valence-electron chi connectivity index (χ0n) is 35.9. The van der Waals surface area contributed by atoms with Crippen molar-refractivity contribution in [1.82, 2.24) is 40.4 Å². The summed E-state index contributed by atoms with van der Waals surface area (Å²) in [5.41, 5.74) is 5.37. The van der Waals surface area contributed by atoms with Crippen LogP contribution >= 0.6 is 11.6 Å². The molecule has 4 heterocycles. The lowest BCUT2D eigenvalue weighted by atomic mass is 9.98. The molecule has 2 aliphatic heterocycles. The molecule has 2 aromatic heterocycles. The number of likely N-dealkylation sites (tertiary alicyclic amines) is 2. The summed E-state index contributed by atoms with van der Waals surface area (Å²) in [6, 6.07) is 18.8. The maximum absolute atomic E-state index is 13.8. The number of nitrogens with one attached hydrogen (secondary N) is 4. The molecule has 2 aliphatic rings. The van der Waals surface area contributed by atoms with E-state index in [0.717, 1.165) is 51.0 Å². The zero-order valence-corrected chi connectivity index (χ0v) is 36.7. The molecule has 5 aromatic rings. The van der Waals surface area contributed by atoms with E-state index in [1.165, 1.54) is 14.2 Å². The van der Waals surface area contributed by atoms with Gasteiger partial charge in [-0.2, -0.15) is 0 Å². The predicted molar refractivity (Wildman–Crippen MR) is 234 cm³/mol. The SMILES string of the molecule is COC(=O)NC(C(=O)N1C[C@@H](C)C[C@H]1c1nc(-c2ccc(-c3ccc4cc(-c5cnc([C@@H]6C[C@H](C)CN6C(=O)[C@@H](NC(=O)OC)C(C)C)[nH]5)ccc4c3)cc2)c(Cl)[nH]1)C(C)C. The van der Waals surface area contributed by atoms with Crippen molar-refractivity contribution in [3.05, 3.63) is 83.7 Å². The molecule has 4 amide bonds. The molecule has 4 N–H and O–H groups in total. The number of hydrogen-bond acceptors (Lipinski definition) is 8. The van der Waals surface area contributed by atoms with Crippen molar-refractivity contribution in [1.29, 1.82) is 0 Å². The van der Waals surface area contributed by atoms with E-state index in [1.807, 2.05) is 63.1 Å². The van der Waals surface area contributed by atoms with Crippen LogP contribution in [0.15, 0.2) is 66.9 Å². The Bertz CT molecular complexity index is 2410. The number of alkyl carbamates (subject to hydrolysis) is 2. The number of carbonyl (C=O) groups is 4. The van der Waals surface area contributed by atoms with Crippen molar-refractivity contribution >= 4 is 46.4 Å². The highest BCUT2D eigenvalue weighted by Crippen LogP contribution is 2.39. The van der Waals surface area contributed by atoms with Gasteiger partial charge in [0.1, 0.15) is 34.6 Å². The molecule has 0 spiro atoms. The maximum Gasteiger partial charge on any atom is 0.407 e. The number of aromatic amines is 2. The molecule has 2 fully saturated rings. The summed E-state index contributed by atoms with van der Waals surface area (Å²) in [5.74, 6) is 1.24. The normalized spacial score (nSPS) is 20.0. The number of halogens is 1. The molecule has 6 atom stereocenters. The van der Waals surface area contributed by atoms with E-state index in [1.54, 1.807) is 4.90 Å². The number of amides is 4. The van der Waals surface area contributed by atoms with Crippen LogP contribution in [0.4, 0.5) is 9.59 Å². The lowest BCUT2D eigenvalue weighted by Crippen LogP contribution is -2.51. The molecule has 322 valence electrons. The van der Waals surface area contributed by atoms with Crippen molar-refractivity contribution < 1.29 is 28.7 Å². The van der Waals surface area contributed by atoms with Crippen LogP contribution in [0.5, 0.6) is 0 Å². The average molecular weight is 851 g/mol. The Labute approximate surface area is 361 Å². The largest absolute Gasteiger partial charge is 0.453 e. The van der Waals surface area contributed by atoms with Gasteiger partial charge >= 0.3 is 12.2 Å². The number of hydrogen-bond donors (Lipinski definition) is 4. The first-order chi connectivity index (χ1) is 29.1. The topological polar surface area (TPSA) is 175 Å². The number of imidazole rings is 2. The monoisotopic (exact) mass is 850 g/mol. The predicted octanol–water partition coefficient (Wildman–Crippen LogP) is 8.52. The van der Waals surface area contributed by atoms with Gasteiger partial charge in [0.2, 0.25) is 11.8 Å². The van der Waals surface area contributed by atoms with E-state index in [0.29, 0.717) is 36.2 Å². The number of rotatable bonds is 11. The fourth-order valence-corrected chi connectivity index (χ4v) is 8.89. The fourth-order valence-electron chi connectivity index (χ4n) is 8.64. The second-order valence-corrected chi connectivity index (χ2v) is 17.6. The highest BCUT2D eigenvalue weighted by atomic mass is 35.5. The van der Waals surface area contributed by atoms with Gasteiger partial charge in [-0.1, -0.05) is 102 Å². The number of nitrogens with zero attached hydrogens (tertiary/aromatic N) is 4. The first-order valence-corrected chi connectivity index (χ1v) is 21.3. The summed E-state index contributed by atoms with van der Waals surface area (Å²) in [6.45, 7) is 12.9. The van der Waals surface area contributed by atoms with Crippen molar-refractivity contribution in [3.8, 4) is 33.6 Å². The molecule has 0 saturated carbocycles. The first kappa shape index (κ1) is 43.2. The van der Waals surface area contributed by atoms with Gasteiger partial charge < -0.3 is 39.9 Å². The second kappa shape index (κ2) is 18.0. The van der Waals surface area contributed by atoms with Crippen LogP contribution in [0, 0.1) is 23.7 Å². The Balaban J connectivity index is 1.06. The number of aromatic nitrogens is 4. The van der Waals surface area contributed by atoms with E-state index in [9.17, 15) is 19.2 Å². The number of methoxy groups -OCH3 is 2. The van der Waals surface area contributed by atoms with Crippen molar-refractivity contribution in [2.24, 2.45) is 23.7 Å². The van der Waals surface area contributed by atoms with Crippen LogP contribution in [0.2, 0.25) is 5.15 Å². The minimum absolute atomic E-state index is 0.120. The number of fused-ring (bicyclic) bond motifs is 1. The van der Waals surface area contributed by atoms with Gasteiger partial charge in [0.15, 0.2) is 0 Å². The smallest absolute Gasteiger partial charge is 0.407 e. The number of benzene rings is 3. The van der Waals surface area contributed by atoms with Crippen LogP contribution in [-0.2, 0) is 19.1 Å². The molecule has 1 unspecified atom stereocenters. The highest BCUT2D eigenvalue weighted by Gasteiger charge is 2.42. The average Bonchev–Trinajstić information content (AvgIpc) is 4.06. The molecule has 2 saturated heterocycles. The Kier molecular flexibility index (Phi) is 12.7. The Morgan fingerprint density at radius 1 is 0.689 bits per heavy atom. The van der Waals surface area contributed by atoms with Crippen LogP contribution in [0.25, 0.3) is 44.4 Å². The van der Waals surface area contributed by atoms with Crippen LogP contribution in [0.3, 0.4) is 0 Å². The standard InChI is InChI=1S/C46H55ClN8O6/c1-24(2)37(51-45(58)60-7)43(56)54-22-26(5)17-35(54)41-48-21-34(49-41)33-16-15-31-19-30(13-14-32(31)20-33)28-9-11-29(12-10-28)39-40(47)53-42(50-39)36-18-27(6)23-55(36)44(57)38(25(3)4)52-46(59)61-8/h9-16,19-21,24-27,35-38H,17-18,22-23H2,1-8H3,(H,48,49)(H,50,53)(H,51,58)(H,52,59)/t26-,27-,35-,36-,37-,38?/m0/s1. The quantitative estimate of drug-likeness (QED) is 0.102. The molecule has 15 heteroatoms. The third-order valence-electron chi connectivity index (χ3n) is 11.9. The Morgan fingerprint density at radius 2 is 1.16 bits per heavy atom. The summed E-state index contributed by atoms with van der Waals surface area (Å²) < 4.78 is 9.57. The van der Waals surface area contributed by atoms with Crippen LogP contribution in [0.1, 0.15) is 78.1 Å². The van der Waals surface area contributed by atoms with Gasteiger partial charge in [-0.15, -0.1) is 0 Å². The minimum atomic E-state index is -0.736. The van der Waals surface area contributed by atoms with Gasteiger partial charge in [-0.25, -0.2) is 19.6 Å². The van der Waals surface area contributed by atoms with Gasteiger partial charge in [-0.3, -0.25) is 9.59 Å². The summed E-state index contributed by atoms with van der Waals surface area (Å²) in [4.78, 5) is 71.6. The lowest BCUT2D eigenvalue weighted by molar-refractivity contribution is -0.136. The Hall–Kier alpha value is -5.89. The lowest BCUT2D eigenvalue weighted by Gasteiger charge is -2.30. The van der Waals surface area contributed by atoms with Crippen molar-refractivity contribution in [2.75, 3.05) is 27.3 Å². The summed E-state index contributed by atoms with van der Waals surface area (Å²) in [6.07, 6.45) is 2.01. The van der Waals surface area contributed by atoms with Crippen molar-refractivity contribution in [3.63, 3.8) is 0 Å². The zero-order chi connectivity index (χ0) is 43.7. The summed E-state index contributed by atoms with van der Waals surface area (Å²) in [5, 5.41) is 7.96. The third kappa shape index (κ3) is 9.09. The molecular formula is C46H55ClN8O6. The van der Waals surface area contributed by atoms with Crippen LogP contribution < -0.4 is 10.6 Å². The third-order valence-corrected chi connectivity index (χ3v) is 12.2. The fraction of sp³-hybridized carbons (Fsp3) is 0.435. The van der Waals surface area contributed by atoms with Gasteiger partial charge in [-0.05, 0) is 70.5 Å². The van der Waals surface area contributed by atoms with E-state index < -0.39 is 24.3 Å². The number of carbonyl (C=O) groups excluding carboxylic acids is 4. The van der Waals surface area contributed by atoms with Gasteiger partial charge in [0, 0.05) is 24.2 Å². The molecule has 0 radical (unpaired) electrons. The molecule has 7 rings (SSSR count). The highest BCUT2D eigenvalue weighted by molar-refractivity contribution is 6.32. The molecule has 14 nitrogen and oxygen atoms in total. The van der Waals surface area contributed by atoms with E-state index >= 15 is 0 Å². The minimum Gasteiger partial charge on any atom is -0.453 e. The van der Waals surface area contributed by atoms with Gasteiger partial charge in [0.05, 0.1) is 38.2 Å². The van der Waals surface area contributed by atoms with E-state index in [2.05, 4.69) is 70.8 Å². The summed E-state index contributed by atoms with van der Waals surface area (Å²) in [7, 11) is 2.57. The van der Waals surface area contributed by atoms with Crippen molar-refractivity contribution in [2.45, 2.75) is 78.6 Å². The Morgan fingerprint density at radius 3 is 1.69 bits per heavy atom. The maximum atomic E-state index is 13.8. The van der Waals surface area contributed by atoms with E-state index in [4.69, 9.17) is 31.0 Å². The van der Waals surface area contributed by atoms with E-state index in [-0.39, 0.29) is 47.6 Å². The molecule has 0 bridgehead atoms. The molecule has 0 aliphatic carbocycles.